The van der Waals surface area contributed by atoms with Crippen LogP contribution in [0.1, 0.15) is 21.9 Å². The van der Waals surface area contributed by atoms with E-state index in [9.17, 15) is 14.7 Å². The predicted octanol–water partition coefficient (Wildman–Crippen LogP) is 1.61. The Morgan fingerprint density at radius 3 is 2.48 bits per heavy atom. The van der Waals surface area contributed by atoms with Gasteiger partial charge >= 0.3 is 0 Å². The third-order valence-electron chi connectivity index (χ3n) is 3.65. The summed E-state index contributed by atoms with van der Waals surface area (Å²) in [5.74, 6) is -0.829. The summed E-state index contributed by atoms with van der Waals surface area (Å²) in [5.41, 5.74) is 0.726. The first-order valence-corrected chi connectivity index (χ1v) is 7.99. The van der Waals surface area contributed by atoms with E-state index in [0.29, 0.717) is 22.8 Å². The number of rotatable bonds is 4. The standard InChI is InChI=1S/C18H17N5O4/c1-10-8-11(2)20-18(19-10)21-17(26)16-13(24)9-15(25)23(22-16)12-6-4-5-7-14(12)27-3/h4-9,24H,1-3H3,(H,19,20,21,26). The van der Waals surface area contributed by atoms with Crippen molar-refractivity contribution in [1.82, 2.24) is 19.7 Å². The summed E-state index contributed by atoms with van der Waals surface area (Å²) in [5, 5.41) is 16.5. The number of aromatic nitrogens is 4. The number of aryl methyl sites for hydroxylation is 2. The number of hydrogen-bond acceptors (Lipinski definition) is 7. The number of nitrogens with zero attached hydrogens (tertiary/aromatic N) is 4. The Labute approximate surface area is 154 Å². The highest BCUT2D eigenvalue weighted by atomic mass is 16.5. The topological polar surface area (TPSA) is 119 Å². The molecule has 2 aromatic heterocycles. The highest BCUT2D eigenvalue weighted by molar-refractivity contribution is 6.03. The minimum atomic E-state index is -0.749. The Hall–Kier alpha value is -3.75. The number of anilines is 1. The number of para-hydroxylation sites is 2. The van der Waals surface area contributed by atoms with Gasteiger partial charge in [-0.3, -0.25) is 14.9 Å². The number of carbonyl (C=O) groups excluding carboxylic acids is 1. The zero-order valence-electron chi connectivity index (χ0n) is 14.9. The summed E-state index contributed by atoms with van der Waals surface area (Å²) in [7, 11) is 1.45. The van der Waals surface area contributed by atoms with Crippen LogP contribution in [-0.2, 0) is 0 Å². The zero-order valence-corrected chi connectivity index (χ0v) is 14.9. The van der Waals surface area contributed by atoms with Crippen LogP contribution in [0.2, 0.25) is 0 Å². The SMILES string of the molecule is COc1ccccc1-n1nc(C(=O)Nc2nc(C)cc(C)n2)c(O)cc1=O. The van der Waals surface area contributed by atoms with Crippen LogP contribution in [0.25, 0.3) is 5.69 Å². The number of nitrogens with one attached hydrogen (secondary N) is 1. The van der Waals surface area contributed by atoms with Crippen LogP contribution >= 0.6 is 0 Å². The Balaban J connectivity index is 2.03. The molecule has 0 saturated heterocycles. The van der Waals surface area contributed by atoms with E-state index in [-0.39, 0.29) is 11.6 Å². The van der Waals surface area contributed by atoms with Gasteiger partial charge in [0.25, 0.3) is 11.5 Å². The van der Waals surface area contributed by atoms with Gasteiger partial charge in [0, 0.05) is 17.5 Å². The number of ether oxygens (including phenoxy) is 1. The van der Waals surface area contributed by atoms with Crippen molar-refractivity contribution >= 4 is 11.9 Å². The number of carbonyl (C=O) groups is 1. The number of amides is 1. The van der Waals surface area contributed by atoms with Crippen LogP contribution in [0, 0.1) is 13.8 Å². The predicted molar refractivity (Wildman–Crippen MR) is 97.5 cm³/mol. The molecule has 138 valence electrons. The lowest BCUT2D eigenvalue weighted by Gasteiger charge is -2.12. The molecule has 9 heteroatoms. The first kappa shape index (κ1) is 18.1. The number of methoxy groups -OCH3 is 1. The first-order valence-electron chi connectivity index (χ1n) is 7.99. The van der Waals surface area contributed by atoms with Crippen LogP contribution in [0.5, 0.6) is 11.5 Å². The second-order valence-corrected chi connectivity index (χ2v) is 5.73. The molecule has 0 aliphatic carbocycles. The molecule has 9 nitrogen and oxygen atoms in total. The van der Waals surface area contributed by atoms with Crippen molar-refractivity contribution in [2.45, 2.75) is 13.8 Å². The summed E-state index contributed by atoms with van der Waals surface area (Å²) in [4.78, 5) is 33.0. The maximum atomic E-state index is 12.5. The van der Waals surface area contributed by atoms with E-state index in [2.05, 4.69) is 20.4 Å². The summed E-state index contributed by atoms with van der Waals surface area (Å²) in [6.07, 6.45) is 0. The molecule has 0 spiro atoms. The van der Waals surface area contributed by atoms with Crippen molar-refractivity contribution in [2.24, 2.45) is 0 Å². The van der Waals surface area contributed by atoms with Gasteiger partial charge in [0.15, 0.2) is 11.4 Å². The molecule has 2 N–H and O–H groups in total. The number of benzene rings is 1. The van der Waals surface area contributed by atoms with Gasteiger partial charge in [0.1, 0.15) is 11.4 Å². The largest absolute Gasteiger partial charge is 0.505 e. The molecule has 1 amide bonds. The van der Waals surface area contributed by atoms with Crippen LogP contribution in [0.4, 0.5) is 5.95 Å². The fraction of sp³-hybridized carbons (Fsp3) is 0.167. The second kappa shape index (κ2) is 7.24. The lowest BCUT2D eigenvalue weighted by Crippen LogP contribution is -2.26. The third-order valence-corrected chi connectivity index (χ3v) is 3.65. The van der Waals surface area contributed by atoms with E-state index >= 15 is 0 Å². The molecule has 2 heterocycles. The molecule has 0 bridgehead atoms. The molecule has 1 aromatic carbocycles. The third kappa shape index (κ3) is 3.76. The molecule has 3 aromatic rings. The molecule has 0 atom stereocenters. The quantitative estimate of drug-likeness (QED) is 0.719. The molecule has 0 saturated carbocycles. The van der Waals surface area contributed by atoms with Crippen molar-refractivity contribution < 1.29 is 14.6 Å². The van der Waals surface area contributed by atoms with E-state index in [4.69, 9.17) is 4.74 Å². The van der Waals surface area contributed by atoms with Crippen LogP contribution < -0.4 is 15.6 Å². The number of aromatic hydroxyl groups is 1. The maximum absolute atomic E-state index is 12.5. The minimum absolute atomic E-state index is 0.0775. The van der Waals surface area contributed by atoms with Crippen molar-refractivity contribution in [1.29, 1.82) is 0 Å². The molecule has 3 rings (SSSR count). The highest BCUT2D eigenvalue weighted by Crippen LogP contribution is 2.21. The van der Waals surface area contributed by atoms with Gasteiger partial charge in [-0.05, 0) is 32.0 Å². The minimum Gasteiger partial charge on any atom is -0.505 e. The van der Waals surface area contributed by atoms with E-state index in [1.807, 2.05) is 0 Å². The van der Waals surface area contributed by atoms with Crippen molar-refractivity contribution in [3.05, 3.63) is 63.8 Å². The first-order chi connectivity index (χ1) is 12.9. The van der Waals surface area contributed by atoms with Gasteiger partial charge < -0.3 is 9.84 Å². The molecule has 0 radical (unpaired) electrons. The Morgan fingerprint density at radius 2 is 1.81 bits per heavy atom. The van der Waals surface area contributed by atoms with Crippen molar-refractivity contribution in [2.75, 3.05) is 12.4 Å². The molecular formula is C18H17N5O4. The van der Waals surface area contributed by atoms with Crippen LogP contribution in [-0.4, -0.2) is 37.9 Å². The van der Waals surface area contributed by atoms with Gasteiger partial charge in [0.05, 0.1) is 7.11 Å². The Morgan fingerprint density at radius 1 is 1.15 bits per heavy atom. The van der Waals surface area contributed by atoms with Crippen molar-refractivity contribution in [3.63, 3.8) is 0 Å². The van der Waals surface area contributed by atoms with E-state index in [1.54, 1.807) is 44.2 Å². The van der Waals surface area contributed by atoms with Gasteiger partial charge in [-0.2, -0.15) is 9.78 Å². The normalized spacial score (nSPS) is 10.5. The molecular weight excluding hydrogens is 350 g/mol. The fourth-order valence-electron chi connectivity index (χ4n) is 2.53. The Bertz CT molecular complexity index is 1060. The van der Waals surface area contributed by atoms with Crippen LogP contribution in [0.3, 0.4) is 0 Å². The summed E-state index contributed by atoms with van der Waals surface area (Å²) < 4.78 is 6.21. The summed E-state index contributed by atoms with van der Waals surface area (Å²) >= 11 is 0. The molecule has 0 unspecified atom stereocenters. The van der Waals surface area contributed by atoms with E-state index in [1.165, 1.54) is 7.11 Å². The fourth-order valence-corrected chi connectivity index (χ4v) is 2.53. The van der Waals surface area contributed by atoms with Gasteiger partial charge in [0.2, 0.25) is 5.95 Å². The van der Waals surface area contributed by atoms with Gasteiger partial charge in [-0.25, -0.2) is 9.97 Å². The average Bonchev–Trinajstić information content (AvgIpc) is 2.61. The average molecular weight is 367 g/mol. The monoisotopic (exact) mass is 367 g/mol. The lowest BCUT2D eigenvalue weighted by molar-refractivity contribution is 0.101. The molecule has 0 fully saturated rings. The second-order valence-electron chi connectivity index (χ2n) is 5.73. The van der Waals surface area contributed by atoms with E-state index < -0.39 is 17.2 Å². The molecule has 0 aliphatic rings. The summed E-state index contributed by atoms with van der Waals surface area (Å²) in [6, 6.07) is 9.36. The van der Waals surface area contributed by atoms with Crippen LogP contribution in [0.15, 0.2) is 41.2 Å². The lowest BCUT2D eigenvalue weighted by atomic mass is 10.3. The number of hydrogen-bond donors (Lipinski definition) is 2. The van der Waals surface area contributed by atoms with Crippen molar-refractivity contribution in [3.8, 4) is 17.2 Å². The van der Waals surface area contributed by atoms with Gasteiger partial charge in [-0.15, -0.1) is 0 Å². The maximum Gasteiger partial charge on any atom is 0.282 e. The molecule has 0 aliphatic heterocycles. The van der Waals surface area contributed by atoms with E-state index in [0.717, 1.165) is 10.7 Å². The Kier molecular flexibility index (Phi) is 4.84. The van der Waals surface area contributed by atoms with Gasteiger partial charge in [-0.1, -0.05) is 12.1 Å². The highest BCUT2D eigenvalue weighted by Gasteiger charge is 2.19. The smallest absolute Gasteiger partial charge is 0.282 e. The molecule has 27 heavy (non-hydrogen) atoms. The summed E-state index contributed by atoms with van der Waals surface area (Å²) in [6.45, 7) is 3.53. The zero-order chi connectivity index (χ0) is 19.6.